The van der Waals surface area contributed by atoms with Gasteiger partial charge >= 0.3 is 0 Å². The van der Waals surface area contributed by atoms with Crippen LogP contribution in [0.3, 0.4) is 0 Å². The molecule has 0 atom stereocenters. The summed E-state index contributed by atoms with van der Waals surface area (Å²) in [6, 6.07) is 7.20. The van der Waals surface area contributed by atoms with Crippen LogP contribution in [0, 0.1) is 0 Å². The van der Waals surface area contributed by atoms with Crippen LogP contribution in [-0.4, -0.2) is 19.2 Å². The maximum atomic E-state index is 11.5. The van der Waals surface area contributed by atoms with E-state index in [0.29, 0.717) is 28.3 Å². The van der Waals surface area contributed by atoms with Gasteiger partial charge in [0.2, 0.25) is 8.87 Å². The molecule has 0 N–H and O–H groups in total. The van der Waals surface area contributed by atoms with Gasteiger partial charge in [-0.1, -0.05) is 19.1 Å². The number of nitrogens with zero attached hydrogens (tertiary/aromatic N) is 1. The average molecular weight is 257 g/mol. The molecule has 0 spiro atoms. The fourth-order valence-corrected chi connectivity index (χ4v) is 3.96. The molecule has 0 fully saturated rings. The Balaban J connectivity index is 2.28. The number of fused-ring (bicyclic) bond motifs is 1. The molecule has 16 heavy (non-hydrogen) atoms. The highest BCUT2D eigenvalue weighted by Crippen LogP contribution is 2.28. The lowest BCUT2D eigenvalue weighted by Crippen LogP contribution is -1.98. The molecule has 0 unspecified atom stereocenters. The third-order valence-electron chi connectivity index (χ3n) is 1.93. The van der Waals surface area contributed by atoms with E-state index in [0.717, 1.165) is 0 Å². The quantitative estimate of drug-likeness (QED) is 0.788. The molecule has 0 aliphatic carbocycles. The van der Waals surface area contributed by atoms with Gasteiger partial charge in [-0.05, 0) is 18.6 Å². The van der Waals surface area contributed by atoms with E-state index in [9.17, 15) is 8.42 Å². The topological polar surface area (TPSA) is 60.2 Å². The van der Waals surface area contributed by atoms with Gasteiger partial charge in [0.1, 0.15) is 5.52 Å². The Hall–Kier alpha value is -1.01. The summed E-state index contributed by atoms with van der Waals surface area (Å²) in [4.78, 5) is 4.10. The summed E-state index contributed by atoms with van der Waals surface area (Å²) in [5.74, 6) is 0.135. The highest BCUT2D eigenvalue weighted by molar-refractivity contribution is 8.71. The largest absolute Gasteiger partial charge is 0.431 e. The summed E-state index contributed by atoms with van der Waals surface area (Å²) in [5, 5.41) is 0.189. The molecule has 1 aromatic heterocycles. The monoisotopic (exact) mass is 257 g/mol. The Morgan fingerprint density at radius 3 is 2.81 bits per heavy atom. The van der Waals surface area contributed by atoms with Crippen molar-refractivity contribution >= 4 is 30.8 Å². The Bertz CT molecular complexity index is 556. The lowest BCUT2D eigenvalue weighted by Gasteiger charge is -1.96. The molecule has 6 heteroatoms. The van der Waals surface area contributed by atoms with Crippen LogP contribution in [0.1, 0.15) is 13.3 Å². The molecular formula is C10H11NO3S2. The van der Waals surface area contributed by atoms with Gasteiger partial charge in [-0.15, -0.1) is 0 Å². The fourth-order valence-electron chi connectivity index (χ4n) is 1.29. The molecule has 0 aliphatic rings. The van der Waals surface area contributed by atoms with Gasteiger partial charge in [0.05, 0.1) is 16.5 Å². The third kappa shape index (κ3) is 2.56. The summed E-state index contributed by atoms with van der Waals surface area (Å²) < 4.78 is 28.4. The maximum Gasteiger partial charge on any atom is 0.272 e. The molecule has 1 heterocycles. The number of para-hydroxylation sites is 2. The van der Waals surface area contributed by atoms with E-state index in [-0.39, 0.29) is 11.0 Å². The maximum absolute atomic E-state index is 11.5. The summed E-state index contributed by atoms with van der Waals surface area (Å²) in [5.41, 5.74) is 1.29. The lowest BCUT2D eigenvalue weighted by atomic mass is 10.3. The predicted octanol–water partition coefficient (Wildman–Crippen LogP) is 2.66. The normalized spacial score (nSPS) is 12.1. The van der Waals surface area contributed by atoms with E-state index in [2.05, 4.69) is 4.98 Å². The Labute approximate surface area is 97.4 Å². The van der Waals surface area contributed by atoms with Crippen LogP contribution in [-0.2, 0) is 8.87 Å². The van der Waals surface area contributed by atoms with Crippen molar-refractivity contribution in [2.75, 3.05) is 5.75 Å². The summed E-state index contributed by atoms with van der Waals surface area (Å²) in [6.45, 7) is 1.82. The first-order valence-corrected chi connectivity index (χ1v) is 7.87. The molecule has 0 aliphatic heterocycles. The number of hydrogen-bond donors (Lipinski definition) is 0. The van der Waals surface area contributed by atoms with Crippen LogP contribution in [0.25, 0.3) is 11.1 Å². The second-order valence-corrected chi connectivity index (χ2v) is 7.36. The van der Waals surface area contributed by atoms with E-state index in [1.54, 1.807) is 12.1 Å². The number of oxazole rings is 1. The Kier molecular flexibility index (Phi) is 3.20. The minimum absolute atomic E-state index is 0.135. The first-order chi connectivity index (χ1) is 7.61. The highest BCUT2D eigenvalue weighted by Gasteiger charge is 2.16. The zero-order chi connectivity index (χ0) is 11.6. The number of hydrogen-bond acceptors (Lipinski definition) is 5. The van der Waals surface area contributed by atoms with Crippen LogP contribution in [0.4, 0.5) is 0 Å². The van der Waals surface area contributed by atoms with Gasteiger partial charge in [0.25, 0.3) is 5.22 Å². The van der Waals surface area contributed by atoms with Crippen molar-refractivity contribution in [3.63, 3.8) is 0 Å². The molecule has 0 bridgehead atoms. The van der Waals surface area contributed by atoms with Crippen molar-refractivity contribution in [3.05, 3.63) is 24.3 Å². The van der Waals surface area contributed by atoms with Crippen molar-refractivity contribution in [1.29, 1.82) is 0 Å². The number of rotatable bonds is 4. The molecular weight excluding hydrogens is 246 g/mol. The lowest BCUT2D eigenvalue weighted by molar-refractivity contribution is 0.490. The molecule has 2 rings (SSSR count). The third-order valence-corrected chi connectivity index (χ3v) is 5.10. The van der Waals surface area contributed by atoms with E-state index in [1.807, 2.05) is 19.1 Å². The van der Waals surface area contributed by atoms with E-state index in [4.69, 9.17) is 4.42 Å². The van der Waals surface area contributed by atoms with Gasteiger partial charge in [-0.25, -0.2) is 13.4 Å². The van der Waals surface area contributed by atoms with E-state index < -0.39 is 8.87 Å². The molecule has 0 amide bonds. The van der Waals surface area contributed by atoms with Crippen molar-refractivity contribution in [2.45, 2.75) is 18.6 Å². The fraction of sp³-hybridized carbons (Fsp3) is 0.300. The van der Waals surface area contributed by atoms with Gasteiger partial charge in [0, 0.05) is 0 Å². The highest BCUT2D eigenvalue weighted by atomic mass is 33.1. The van der Waals surface area contributed by atoms with E-state index in [1.165, 1.54) is 0 Å². The first-order valence-electron chi connectivity index (χ1n) is 4.88. The molecule has 1 aromatic carbocycles. The second-order valence-electron chi connectivity index (χ2n) is 3.29. The molecule has 0 saturated carbocycles. The van der Waals surface area contributed by atoms with Crippen molar-refractivity contribution in [3.8, 4) is 0 Å². The van der Waals surface area contributed by atoms with Crippen LogP contribution in [0.2, 0.25) is 0 Å². The van der Waals surface area contributed by atoms with Crippen LogP contribution < -0.4 is 0 Å². The zero-order valence-corrected chi connectivity index (χ0v) is 10.3. The summed E-state index contributed by atoms with van der Waals surface area (Å²) in [6.07, 6.45) is 0.593. The van der Waals surface area contributed by atoms with Gasteiger partial charge in [0.15, 0.2) is 5.58 Å². The first kappa shape index (κ1) is 11.5. The van der Waals surface area contributed by atoms with Crippen molar-refractivity contribution < 1.29 is 12.8 Å². The predicted molar refractivity (Wildman–Crippen MR) is 63.9 cm³/mol. The second kappa shape index (κ2) is 4.47. The molecule has 2 aromatic rings. The van der Waals surface area contributed by atoms with E-state index >= 15 is 0 Å². The van der Waals surface area contributed by atoms with Gasteiger partial charge in [-0.2, -0.15) is 0 Å². The Morgan fingerprint density at radius 2 is 2.12 bits per heavy atom. The molecule has 4 nitrogen and oxygen atoms in total. The average Bonchev–Trinajstić information content (AvgIpc) is 2.58. The smallest absolute Gasteiger partial charge is 0.272 e. The summed E-state index contributed by atoms with van der Waals surface area (Å²) >= 11 is 0. The molecule has 86 valence electrons. The van der Waals surface area contributed by atoms with Gasteiger partial charge in [-0.3, -0.25) is 0 Å². The van der Waals surface area contributed by atoms with Crippen molar-refractivity contribution in [2.24, 2.45) is 0 Å². The van der Waals surface area contributed by atoms with Crippen LogP contribution in [0.5, 0.6) is 0 Å². The standard InChI is InChI=1S/C10H11NO3S2/c1-2-7-16(12,13)15-10-11-8-5-3-4-6-9(8)14-10/h3-6H,2,7H2,1H3. The minimum atomic E-state index is -3.17. The number of benzene rings is 1. The SMILES string of the molecule is CCCS(=O)(=O)Sc1nc2ccccc2o1. The Morgan fingerprint density at radius 1 is 1.38 bits per heavy atom. The van der Waals surface area contributed by atoms with Crippen molar-refractivity contribution in [1.82, 2.24) is 4.98 Å². The van der Waals surface area contributed by atoms with Crippen LogP contribution >= 0.6 is 10.8 Å². The number of aromatic nitrogens is 1. The van der Waals surface area contributed by atoms with Crippen LogP contribution in [0.15, 0.2) is 33.9 Å². The molecule has 0 radical (unpaired) electrons. The minimum Gasteiger partial charge on any atom is -0.431 e. The zero-order valence-electron chi connectivity index (χ0n) is 8.71. The molecule has 0 saturated heterocycles. The van der Waals surface area contributed by atoms with Gasteiger partial charge < -0.3 is 4.42 Å². The summed E-state index contributed by atoms with van der Waals surface area (Å²) in [7, 11) is -2.48.